The number of carboxylic acids is 1. The molecule has 0 spiro atoms. The van der Waals surface area contributed by atoms with Gasteiger partial charge in [-0.05, 0) is 31.6 Å². The van der Waals surface area contributed by atoms with Crippen molar-refractivity contribution in [1.82, 2.24) is 9.97 Å². The molecule has 2 heterocycles. The Balaban J connectivity index is 1.51. The fourth-order valence-corrected chi connectivity index (χ4v) is 5.14. The standard InChI is InChI=1S/C19H24N4O4S2/c1-10(2)16-15(17(26)27)23-19(29-16)22-14(25)9-8-13(24)21-18-20-11-6-4-3-5-7-12(11)28-18/h10H,3-9H2,1-2H3,(H,26,27)(H,20,21,24)(H,22,23,25). The Kier molecular flexibility index (Phi) is 6.96. The van der Waals surface area contributed by atoms with E-state index in [2.05, 4.69) is 20.6 Å². The number of thiazole rings is 2. The second-order valence-electron chi connectivity index (χ2n) is 7.24. The van der Waals surface area contributed by atoms with E-state index in [1.54, 1.807) is 0 Å². The van der Waals surface area contributed by atoms with Crippen LogP contribution in [-0.4, -0.2) is 32.9 Å². The summed E-state index contributed by atoms with van der Waals surface area (Å²) in [6.07, 6.45) is 5.46. The average molecular weight is 437 g/mol. The van der Waals surface area contributed by atoms with Crippen LogP contribution in [0.15, 0.2) is 0 Å². The number of nitrogens with one attached hydrogen (secondary N) is 2. The highest BCUT2D eigenvalue weighted by molar-refractivity contribution is 7.16. The Morgan fingerprint density at radius 2 is 1.59 bits per heavy atom. The van der Waals surface area contributed by atoms with E-state index >= 15 is 0 Å². The lowest BCUT2D eigenvalue weighted by Gasteiger charge is -2.03. The normalized spacial score (nSPS) is 13.6. The number of aromatic carboxylic acids is 1. The van der Waals surface area contributed by atoms with Crippen LogP contribution in [0.1, 0.15) is 77.8 Å². The van der Waals surface area contributed by atoms with Gasteiger partial charge in [0.05, 0.1) is 5.69 Å². The van der Waals surface area contributed by atoms with E-state index in [0.29, 0.717) is 10.0 Å². The van der Waals surface area contributed by atoms with Crippen LogP contribution in [0, 0.1) is 0 Å². The van der Waals surface area contributed by atoms with Crippen LogP contribution in [0.4, 0.5) is 10.3 Å². The number of nitrogens with zero attached hydrogens (tertiary/aromatic N) is 2. The highest BCUT2D eigenvalue weighted by atomic mass is 32.1. The van der Waals surface area contributed by atoms with E-state index in [4.69, 9.17) is 0 Å². The number of anilines is 2. The van der Waals surface area contributed by atoms with Gasteiger partial charge in [0.25, 0.3) is 0 Å². The van der Waals surface area contributed by atoms with Crippen LogP contribution in [0.2, 0.25) is 0 Å². The number of amides is 2. The third kappa shape index (κ3) is 5.60. The molecule has 3 rings (SSSR count). The van der Waals surface area contributed by atoms with Gasteiger partial charge in [0.2, 0.25) is 11.8 Å². The predicted molar refractivity (Wildman–Crippen MR) is 113 cm³/mol. The quantitative estimate of drug-likeness (QED) is 0.563. The highest BCUT2D eigenvalue weighted by Gasteiger charge is 2.21. The number of rotatable bonds is 7. The number of aromatic nitrogens is 2. The third-order valence-corrected chi connectivity index (χ3v) is 6.89. The first-order chi connectivity index (χ1) is 13.8. The van der Waals surface area contributed by atoms with E-state index in [0.717, 1.165) is 42.7 Å². The molecule has 8 nitrogen and oxygen atoms in total. The van der Waals surface area contributed by atoms with Crippen molar-refractivity contribution in [2.45, 2.75) is 64.7 Å². The van der Waals surface area contributed by atoms with Crippen molar-refractivity contribution in [2.24, 2.45) is 0 Å². The van der Waals surface area contributed by atoms with Crippen molar-refractivity contribution in [1.29, 1.82) is 0 Å². The van der Waals surface area contributed by atoms with Gasteiger partial charge in [-0.25, -0.2) is 14.8 Å². The summed E-state index contributed by atoms with van der Waals surface area (Å²) in [5.74, 6) is -1.77. The maximum Gasteiger partial charge on any atom is 0.355 e. The van der Waals surface area contributed by atoms with Gasteiger partial charge < -0.3 is 15.7 Å². The first-order valence-corrected chi connectivity index (χ1v) is 11.3. The number of carboxylic acid groups (broad SMARTS) is 1. The van der Waals surface area contributed by atoms with Crippen LogP contribution in [-0.2, 0) is 22.4 Å². The van der Waals surface area contributed by atoms with E-state index < -0.39 is 5.97 Å². The number of fused-ring (bicyclic) bond motifs is 1. The summed E-state index contributed by atoms with van der Waals surface area (Å²) in [6.45, 7) is 3.74. The molecule has 3 N–H and O–H groups in total. The molecule has 0 unspecified atom stereocenters. The zero-order valence-corrected chi connectivity index (χ0v) is 18.0. The Hall–Kier alpha value is -2.33. The van der Waals surface area contributed by atoms with Crippen molar-refractivity contribution in [3.8, 4) is 0 Å². The molecule has 0 bridgehead atoms. The Morgan fingerprint density at radius 1 is 0.966 bits per heavy atom. The summed E-state index contributed by atoms with van der Waals surface area (Å²) < 4.78 is 0. The molecular formula is C19H24N4O4S2. The van der Waals surface area contributed by atoms with Crippen LogP contribution in [0.5, 0.6) is 0 Å². The molecule has 29 heavy (non-hydrogen) atoms. The lowest BCUT2D eigenvalue weighted by atomic mass is 10.1. The molecule has 0 aliphatic heterocycles. The molecule has 10 heteroatoms. The summed E-state index contributed by atoms with van der Waals surface area (Å²) >= 11 is 2.66. The fraction of sp³-hybridized carbons (Fsp3) is 0.526. The number of hydrogen-bond acceptors (Lipinski definition) is 7. The second-order valence-corrected chi connectivity index (χ2v) is 9.35. The summed E-state index contributed by atoms with van der Waals surface area (Å²) in [5, 5.41) is 15.4. The molecule has 0 atom stereocenters. The lowest BCUT2D eigenvalue weighted by Crippen LogP contribution is -2.17. The third-order valence-electron chi connectivity index (χ3n) is 4.55. The minimum Gasteiger partial charge on any atom is -0.476 e. The molecule has 1 aliphatic carbocycles. The van der Waals surface area contributed by atoms with Gasteiger partial charge in [-0.15, -0.1) is 22.7 Å². The molecule has 0 saturated carbocycles. The maximum atomic E-state index is 12.2. The SMILES string of the molecule is CC(C)c1sc(NC(=O)CCC(=O)Nc2nc3c(s2)CCCCC3)nc1C(=O)O. The minimum atomic E-state index is -1.12. The summed E-state index contributed by atoms with van der Waals surface area (Å²) in [5.41, 5.74) is 1.04. The topological polar surface area (TPSA) is 121 Å². The van der Waals surface area contributed by atoms with Crippen molar-refractivity contribution in [2.75, 3.05) is 10.6 Å². The summed E-state index contributed by atoms with van der Waals surface area (Å²) in [4.78, 5) is 45.9. The number of carbonyl (C=O) groups is 3. The summed E-state index contributed by atoms with van der Waals surface area (Å²) in [6, 6.07) is 0. The zero-order valence-electron chi connectivity index (χ0n) is 16.4. The van der Waals surface area contributed by atoms with Crippen LogP contribution in [0.25, 0.3) is 0 Å². The number of hydrogen-bond donors (Lipinski definition) is 3. The lowest BCUT2D eigenvalue weighted by molar-refractivity contribution is -0.121. The molecule has 2 amide bonds. The number of carbonyl (C=O) groups excluding carboxylic acids is 2. The van der Waals surface area contributed by atoms with Crippen LogP contribution < -0.4 is 10.6 Å². The van der Waals surface area contributed by atoms with Crippen molar-refractivity contribution >= 4 is 50.7 Å². The summed E-state index contributed by atoms with van der Waals surface area (Å²) in [7, 11) is 0. The molecule has 0 fully saturated rings. The maximum absolute atomic E-state index is 12.2. The first-order valence-electron chi connectivity index (χ1n) is 9.65. The molecule has 1 aliphatic rings. The van der Waals surface area contributed by atoms with Crippen molar-refractivity contribution in [3.05, 3.63) is 21.1 Å². The van der Waals surface area contributed by atoms with Gasteiger partial charge in [-0.3, -0.25) is 9.59 Å². The fourth-order valence-electron chi connectivity index (χ4n) is 3.10. The van der Waals surface area contributed by atoms with Crippen molar-refractivity contribution < 1.29 is 19.5 Å². The largest absolute Gasteiger partial charge is 0.476 e. The zero-order chi connectivity index (χ0) is 21.0. The van der Waals surface area contributed by atoms with Gasteiger partial charge >= 0.3 is 5.97 Å². The minimum absolute atomic E-state index is 0.0107. The first kappa shape index (κ1) is 21.4. The molecule has 156 valence electrons. The van der Waals surface area contributed by atoms with Gasteiger partial charge in [0.1, 0.15) is 0 Å². The Bertz CT molecular complexity index is 896. The molecule has 2 aromatic rings. The van der Waals surface area contributed by atoms with Crippen LogP contribution in [0.3, 0.4) is 0 Å². The van der Waals surface area contributed by atoms with E-state index in [1.165, 1.54) is 22.6 Å². The predicted octanol–water partition coefficient (Wildman–Crippen LogP) is 4.05. The molecule has 0 saturated heterocycles. The van der Waals surface area contributed by atoms with Gasteiger partial charge in [0, 0.05) is 22.6 Å². The molecule has 2 aromatic heterocycles. The van der Waals surface area contributed by atoms with Crippen molar-refractivity contribution in [3.63, 3.8) is 0 Å². The average Bonchev–Trinajstić information content (AvgIpc) is 3.18. The molecular weight excluding hydrogens is 412 g/mol. The van der Waals surface area contributed by atoms with E-state index in [9.17, 15) is 19.5 Å². The smallest absolute Gasteiger partial charge is 0.355 e. The highest BCUT2D eigenvalue weighted by Crippen LogP contribution is 2.30. The van der Waals surface area contributed by atoms with E-state index in [1.807, 2.05) is 13.8 Å². The van der Waals surface area contributed by atoms with Gasteiger partial charge in [0.15, 0.2) is 16.0 Å². The number of aryl methyl sites for hydroxylation is 2. The Labute approximate surface area is 176 Å². The van der Waals surface area contributed by atoms with Crippen LogP contribution >= 0.6 is 22.7 Å². The van der Waals surface area contributed by atoms with Gasteiger partial charge in [-0.2, -0.15) is 0 Å². The monoisotopic (exact) mass is 436 g/mol. The second kappa shape index (κ2) is 9.45. The molecule has 0 radical (unpaired) electrons. The van der Waals surface area contributed by atoms with Gasteiger partial charge in [-0.1, -0.05) is 20.3 Å². The Morgan fingerprint density at radius 3 is 2.17 bits per heavy atom. The molecule has 0 aromatic carbocycles. The van der Waals surface area contributed by atoms with E-state index in [-0.39, 0.29) is 41.4 Å².